The van der Waals surface area contributed by atoms with Crippen LogP contribution in [-0.4, -0.2) is 59.7 Å². The zero-order valence-corrected chi connectivity index (χ0v) is 14.4. The Bertz CT molecular complexity index is 631. The molecule has 0 aromatic heterocycles. The fraction of sp³-hybridized carbons (Fsp3) is 0.600. The summed E-state index contributed by atoms with van der Waals surface area (Å²) in [5.74, 6) is -0.601. The van der Waals surface area contributed by atoms with Gasteiger partial charge in [-0.05, 0) is 32.0 Å². The van der Waals surface area contributed by atoms with E-state index in [0.29, 0.717) is 6.54 Å². The number of nitrogens with zero attached hydrogens (tertiary/aromatic N) is 1. The van der Waals surface area contributed by atoms with Gasteiger partial charge in [0.05, 0.1) is 12.0 Å². The summed E-state index contributed by atoms with van der Waals surface area (Å²) in [5, 5.41) is 3.27. The van der Waals surface area contributed by atoms with Gasteiger partial charge in [0.2, 0.25) is 10.0 Å². The second kappa shape index (κ2) is 8.05. The molecule has 1 fully saturated rings. The summed E-state index contributed by atoms with van der Waals surface area (Å²) in [6.45, 7) is 6.52. The van der Waals surface area contributed by atoms with Crippen molar-refractivity contribution in [2.45, 2.75) is 18.2 Å². The third-order valence-corrected chi connectivity index (χ3v) is 5.57. The molecule has 0 amide bonds. The predicted octanol–water partition coefficient (Wildman–Crippen LogP) is 0.716. The first kappa shape index (κ1) is 18.1. The van der Waals surface area contributed by atoms with Gasteiger partial charge in [0.25, 0.3) is 0 Å². The molecule has 130 valence electrons. The molecule has 6 nitrogen and oxygen atoms in total. The van der Waals surface area contributed by atoms with Crippen LogP contribution in [-0.2, 0) is 10.0 Å². The highest BCUT2D eigenvalue weighted by Crippen LogP contribution is 2.25. The van der Waals surface area contributed by atoms with Crippen molar-refractivity contribution in [3.05, 3.63) is 23.5 Å². The van der Waals surface area contributed by atoms with E-state index in [9.17, 15) is 12.8 Å². The van der Waals surface area contributed by atoms with Crippen LogP contribution in [0.4, 0.5) is 4.39 Å². The van der Waals surface area contributed by atoms with Crippen LogP contribution < -0.4 is 14.8 Å². The Kier molecular flexibility index (Phi) is 6.34. The lowest BCUT2D eigenvalue weighted by molar-refractivity contribution is 0.239. The number of benzene rings is 1. The SMILES string of the molecule is COc1ccc(S(=O)(=O)NCCCN2CCNCC2)c(C)c1F. The van der Waals surface area contributed by atoms with Crippen LogP contribution in [0.2, 0.25) is 0 Å². The normalized spacial score (nSPS) is 16.5. The second-order valence-corrected chi connectivity index (χ2v) is 7.28. The number of ether oxygens (including phenoxy) is 1. The van der Waals surface area contributed by atoms with Gasteiger partial charge in [-0.15, -0.1) is 0 Å². The highest BCUT2D eigenvalue weighted by atomic mass is 32.2. The number of halogens is 1. The molecule has 0 aliphatic carbocycles. The van der Waals surface area contributed by atoms with E-state index >= 15 is 0 Å². The first-order valence-corrected chi connectivity index (χ1v) is 9.20. The van der Waals surface area contributed by atoms with Crippen molar-refractivity contribution in [2.24, 2.45) is 0 Å². The number of hydrogen-bond donors (Lipinski definition) is 2. The lowest BCUT2D eigenvalue weighted by Crippen LogP contribution is -2.44. The van der Waals surface area contributed by atoms with Gasteiger partial charge >= 0.3 is 0 Å². The molecule has 0 radical (unpaired) electrons. The van der Waals surface area contributed by atoms with E-state index in [4.69, 9.17) is 4.74 Å². The van der Waals surface area contributed by atoms with Gasteiger partial charge < -0.3 is 15.0 Å². The van der Waals surface area contributed by atoms with Crippen LogP contribution in [0.5, 0.6) is 5.75 Å². The minimum absolute atomic E-state index is 0.0418. The van der Waals surface area contributed by atoms with Crippen LogP contribution in [0.3, 0.4) is 0 Å². The highest BCUT2D eigenvalue weighted by molar-refractivity contribution is 7.89. The number of nitrogens with one attached hydrogen (secondary N) is 2. The van der Waals surface area contributed by atoms with Gasteiger partial charge in [-0.1, -0.05) is 0 Å². The zero-order valence-electron chi connectivity index (χ0n) is 13.6. The summed E-state index contributed by atoms with van der Waals surface area (Å²) >= 11 is 0. The lowest BCUT2D eigenvalue weighted by atomic mass is 10.2. The molecule has 1 heterocycles. The molecule has 1 aliphatic rings. The van der Waals surface area contributed by atoms with Crippen molar-refractivity contribution in [2.75, 3.05) is 46.4 Å². The Morgan fingerprint density at radius 2 is 2.04 bits per heavy atom. The molecule has 1 saturated heterocycles. The Morgan fingerprint density at radius 3 is 2.70 bits per heavy atom. The van der Waals surface area contributed by atoms with E-state index < -0.39 is 15.8 Å². The third kappa shape index (κ3) is 4.63. The monoisotopic (exact) mass is 345 g/mol. The van der Waals surface area contributed by atoms with Crippen molar-refractivity contribution in [3.63, 3.8) is 0 Å². The molecule has 0 saturated carbocycles. The van der Waals surface area contributed by atoms with Gasteiger partial charge in [-0.2, -0.15) is 0 Å². The predicted molar refractivity (Wildman–Crippen MR) is 86.8 cm³/mol. The Labute approximate surface area is 137 Å². The maximum absolute atomic E-state index is 14.0. The van der Waals surface area contributed by atoms with Gasteiger partial charge in [0.15, 0.2) is 11.6 Å². The molecule has 2 N–H and O–H groups in total. The summed E-state index contributed by atoms with van der Waals surface area (Å²) in [6, 6.07) is 2.70. The quantitative estimate of drug-likeness (QED) is 0.713. The van der Waals surface area contributed by atoms with Crippen LogP contribution in [0.1, 0.15) is 12.0 Å². The first-order chi connectivity index (χ1) is 11.0. The van der Waals surface area contributed by atoms with Gasteiger partial charge in [0, 0.05) is 38.3 Å². The molecule has 1 aromatic rings. The van der Waals surface area contributed by atoms with E-state index in [1.165, 1.54) is 26.2 Å². The van der Waals surface area contributed by atoms with Crippen LogP contribution in [0.25, 0.3) is 0 Å². The van der Waals surface area contributed by atoms with E-state index in [0.717, 1.165) is 39.1 Å². The molecular formula is C15H24FN3O3S. The van der Waals surface area contributed by atoms with E-state index in [1.807, 2.05) is 0 Å². The third-order valence-electron chi connectivity index (χ3n) is 3.96. The first-order valence-electron chi connectivity index (χ1n) is 7.71. The van der Waals surface area contributed by atoms with E-state index in [-0.39, 0.29) is 16.2 Å². The van der Waals surface area contributed by atoms with Crippen LogP contribution in [0, 0.1) is 12.7 Å². The molecule has 0 bridgehead atoms. The minimum Gasteiger partial charge on any atom is -0.494 e. The van der Waals surface area contributed by atoms with Crippen molar-refractivity contribution in [3.8, 4) is 5.75 Å². The number of hydrogen-bond acceptors (Lipinski definition) is 5. The van der Waals surface area contributed by atoms with E-state index in [2.05, 4.69) is 14.9 Å². The molecule has 2 rings (SSSR count). The maximum Gasteiger partial charge on any atom is 0.240 e. The average molecular weight is 345 g/mol. The van der Waals surface area contributed by atoms with Crippen LogP contribution >= 0.6 is 0 Å². The van der Waals surface area contributed by atoms with Crippen molar-refractivity contribution < 1.29 is 17.5 Å². The van der Waals surface area contributed by atoms with Crippen molar-refractivity contribution in [1.29, 1.82) is 0 Å². The van der Waals surface area contributed by atoms with Crippen molar-refractivity contribution in [1.82, 2.24) is 14.9 Å². The average Bonchev–Trinajstić information content (AvgIpc) is 2.55. The number of piperazine rings is 1. The number of methoxy groups -OCH3 is 1. The molecule has 1 aliphatic heterocycles. The summed E-state index contributed by atoms with van der Waals surface area (Å²) in [5.41, 5.74) is 0.0685. The summed E-state index contributed by atoms with van der Waals surface area (Å²) in [6.07, 6.45) is 0.719. The Morgan fingerprint density at radius 1 is 1.35 bits per heavy atom. The minimum atomic E-state index is -3.72. The van der Waals surface area contributed by atoms with Gasteiger partial charge in [-0.25, -0.2) is 17.5 Å². The molecule has 1 aromatic carbocycles. The highest BCUT2D eigenvalue weighted by Gasteiger charge is 2.21. The Balaban J connectivity index is 1.92. The van der Waals surface area contributed by atoms with Gasteiger partial charge in [0.1, 0.15) is 0 Å². The topological polar surface area (TPSA) is 70.7 Å². The van der Waals surface area contributed by atoms with Crippen LogP contribution in [0.15, 0.2) is 17.0 Å². The number of rotatable bonds is 7. The zero-order chi connectivity index (χ0) is 16.9. The smallest absolute Gasteiger partial charge is 0.240 e. The lowest BCUT2D eigenvalue weighted by Gasteiger charge is -2.27. The standard InChI is InChI=1S/C15H24FN3O3S/c1-12-14(5-4-13(22-2)15(12)16)23(20,21)18-6-3-9-19-10-7-17-8-11-19/h4-5,17-18H,3,6-11H2,1-2H3. The summed E-state index contributed by atoms with van der Waals surface area (Å²) < 4.78 is 46.0. The fourth-order valence-corrected chi connectivity index (χ4v) is 3.92. The summed E-state index contributed by atoms with van der Waals surface area (Å²) in [4.78, 5) is 2.25. The summed E-state index contributed by atoms with van der Waals surface area (Å²) in [7, 11) is -2.37. The van der Waals surface area contributed by atoms with E-state index in [1.54, 1.807) is 0 Å². The van der Waals surface area contributed by atoms with Crippen molar-refractivity contribution >= 4 is 10.0 Å². The molecule has 8 heteroatoms. The number of sulfonamides is 1. The van der Waals surface area contributed by atoms with Gasteiger partial charge in [-0.3, -0.25) is 0 Å². The molecule has 0 spiro atoms. The largest absolute Gasteiger partial charge is 0.494 e. The molecule has 0 atom stereocenters. The molecule has 0 unspecified atom stereocenters. The second-order valence-electron chi connectivity index (χ2n) is 5.55. The Hall–Kier alpha value is -1.22. The molecule has 23 heavy (non-hydrogen) atoms. The maximum atomic E-state index is 14.0. The molecular weight excluding hydrogens is 321 g/mol. The fourth-order valence-electron chi connectivity index (χ4n) is 2.61.